The Morgan fingerprint density at radius 3 is 2.13 bits per heavy atom. The zero-order valence-corrected chi connectivity index (χ0v) is 33.4. The van der Waals surface area contributed by atoms with E-state index in [9.17, 15) is 52.9 Å². The maximum Gasteiger partial charge on any atom is 0.417 e. The highest BCUT2D eigenvalue weighted by atomic mass is 35.5. The number of allylic oxidation sites excluding steroid dienone is 2. The van der Waals surface area contributed by atoms with Gasteiger partial charge in [0.05, 0.1) is 49.3 Å². The summed E-state index contributed by atoms with van der Waals surface area (Å²) in [6.45, 7) is 0. The van der Waals surface area contributed by atoms with Crippen molar-refractivity contribution in [3.8, 4) is 5.75 Å². The summed E-state index contributed by atoms with van der Waals surface area (Å²) in [7, 11) is 2.68. The third kappa shape index (κ3) is 6.29. The van der Waals surface area contributed by atoms with Crippen LogP contribution in [0.25, 0.3) is 0 Å². The summed E-state index contributed by atoms with van der Waals surface area (Å²) in [5, 5.41) is 34.8. The number of rotatable bonds is 8. The Bertz CT molecular complexity index is 2670. The number of nitrogens with zero attached hydrogens (tertiary/aromatic N) is 6. The van der Waals surface area contributed by atoms with Crippen molar-refractivity contribution in [2.24, 2.45) is 23.7 Å². The molecule has 2 aliphatic heterocycles. The highest BCUT2D eigenvalue weighted by Crippen LogP contribution is 2.64. The Labute approximate surface area is 356 Å². The van der Waals surface area contributed by atoms with Gasteiger partial charge >= 0.3 is 17.6 Å². The van der Waals surface area contributed by atoms with Gasteiger partial charge in [0, 0.05) is 43.4 Å². The lowest BCUT2D eigenvalue weighted by Gasteiger charge is -2.50. The van der Waals surface area contributed by atoms with Crippen molar-refractivity contribution in [2.75, 3.05) is 29.3 Å². The number of alkyl halides is 3. The zero-order chi connectivity index (χ0) is 44.9. The number of phenols is 1. The molecular formula is C40H29Cl2F4N7O9. The molecule has 2 saturated heterocycles. The van der Waals surface area contributed by atoms with E-state index in [0.29, 0.717) is 27.7 Å². The van der Waals surface area contributed by atoms with Crippen molar-refractivity contribution >= 4 is 75.4 Å². The zero-order valence-electron chi connectivity index (χ0n) is 31.9. The van der Waals surface area contributed by atoms with Crippen molar-refractivity contribution < 1.29 is 51.7 Å². The topological polar surface area (TPSA) is 209 Å². The molecule has 8 rings (SSSR count). The first-order valence-electron chi connectivity index (χ1n) is 18.5. The Balaban J connectivity index is 1.30. The molecule has 4 amide bonds. The maximum atomic E-state index is 15.4. The van der Waals surface area contributed by atoms with Gasteiger partial charge in [-0.15, -0.1) is 0 Å². The number of nitro benzene ring substituents is 2. The quantitative estimate of drug-likeness (QED) is 0.0586. The van der Waals surface area contributed by atoms with Crippen LogP contribution in [0.3, 0.4) is 0 Å². The molecule has 2 aliphatic carbocycles. The second-order valence-electron chi connectivity index (χ2n) is 15.4. The number of hydrogen-bond donors (Lipinski definition) is 2. The summed E-state index contributed by atoms with van der Waals surface area (Å²) in [4.78, 5) is 87.3. The summed E-state index contributed by atoms with van der Waals surface area (Å²) >= 11 is 12.5. The Kier molecular flexibility index (Phi) is 10.0. The number of carbonyl (C=O) groups excluding carboxylic acids is 4. The van der Waals surface area contributed by atoms with Crippen molar-refractivity contribution in [1.29, 1.82) is 0 Å². The number of phenolic OH excluding ortho intramolecular Hbond substituents is 1. The lowest BCUT2D eigenvalue weighted by Crippen LogP contribution is -2.53. The van der Waals surface area contributed by atoms with E-state index in [4.69, 9.17) is 23.2 Å². The van der Waals surface area contributed by atoms with Crippen LogP contribution in [0.4, 0.5) is 46.1 Å². The van der Waals surface area contributed by atoms with Gasteiger partial charge in [0.25, 0.3) is 11.8 Å². The third-order valence-corrected chi connectivity index (χ3v) is 12.6. The second-order valence-corrected chi connectivity index (χ2v) is 16.2. The highest BCUT2D eigenvalue weighted by molar-refractivity contribution is 6.33. The summed E-state index contributed by atoms with van der Waals surface area (Å²) in [6.07, 6.45) is -3.33. The number of benzene rings is 3. The van der Waals surface area contributed by atoms with Crippen LogP contribution in [-0.4, -0.2) is 62.7 Å². The Hall–Kier alpha value is -6.67. The standard InChI is InChI=1S/C40H29Cl2F4N7O9/c1-49(2)33-28(52(59)60)13-21(14-29(33)53(61)62)50-35(55)23-9-8-22-24(31(23)37(50)57)15-25-36(56)51(48-34-26(42)12-19(16-47-34)40(44,45)46)38(58)39(25,18-4-6-20(41)7-5-18)32(22)17-3-10-30(54)27(43)11-17/h3-8,10-14,16,23-25,31-32,54H,9,15H2,1-2H3,(H,47,48)/t23-,24+,25-,31-,32-,39+/m0/s1. The largest absolute Gasteiger partial charge is 0.505 e. The number of nitro groups is 2. The highest BCUT2D eigenvalue weighted by Gasteiger charge is 2.70. The Morgan fingerprint density at radius 1 is 0.919 bits per heavy atom. The molecule has 4 aromatic rings. The van der Waals surface area contributed by atoms with E-state index in [0.717, 1.165) is 29.2 Å². The average molecular weight is 899 g/mol. The minimum atomic E-state index is -4.84. The smallest absolute Gasteiger partial charge is 0.417 e. The van der Waals surface area contributed by atoms with Crippen molar-refractivity contribution in [1.82, 2.24) is 9.99 Å². The van der Waals surface area contributed by atoms with Gasteiger partial charge in [-0.3, -0.25) is 44.8 Å². The molecular weight excluding hydrogens is 869 g/mol. The molecule has 1 saturated carbocycles. The first-order chi connectivity index (χ1) is 29.2. The van der Waals surface area contributed by atoms with Crippen LogP contribution >= 0.6 is 23.2 Å². The molecule has 3 aromatic carbocycles. The van der Waals surface area contributed by atoms with E-state index in [2.05, 4.69) is 10.4 Å². The van der Waals surface area contributed by atoms with E-state index in [1.165, 1.54) is 44.4 Å². The number of anilines is 3. The van der Waals surface area contributed by atoms with Gasteiger partial charge in [0.1, 0.15) is 0 Å². The predicted octanol–water partition coefficient (Wildman–Crippen LogP) is 7.32. The van der Waals surface area contributed by atoms with E-state index in [-0.39, 0.29) is 29.0 Å². The van der Waals surface area contributed by atoms with E-state index in [1.54, 1.807) is 6.08 Å². The number of fused-ring (bicyclic) bond motifs is 4. The fraction of sp³-hybridized carbons (Fsp3) is 0.275. The third-order valence-electron chi connectivity index (χ3n) is 12.0. The number of imide groups is 2. The molecule has 4 aliphatic rings. The molecule has 3 fully saturated rings. The lowest BCUT2D eigenvalue weighted by molar-refractivity contribution is -0.392. The number of pyridine rings is 1. The molecule has 320 valence electrons. The number of carbonyl (C=O) groups is 4. The minimum absolute atomic E-state index is 0.0440. The second kappa shape index (κ2) is 14.8. The Morgan fingerprint density at radius 2 is 1.56 bits per heavy atom. The number of hydrogen-bond acceptors (Lipinski definition) is 12. The van der Waals surface area contributed by atoms with Crippen LogP contribution in [0.5, 0.6) is 5.75 Å². The number of aromatic nitrogens is 1. The van der Waals surface area contributed by atoms with Gasteiger partial charge in [-0.2, -0.15) is 18.2 Å². The fourth-order valence-corrected chi connectivity index (χ4v) is 9.90. The molecule has 1 aromatic heterocycles. The number of aromatic hydroxyl groups is 1. The van der Waals surface area contributed by atoms with Crippen molar-refractivity contribution in [3.05, 3.63) is 131 Å². The molecule has 0 spiro atoms. The molecule has 0 unspecified atom stereocenters. The first kappa shape index (κ1) is 42.0. The van der Waals surface area contributed by atoms with E-state index < -0.39 is 125 Å². The maximum absolute atomic E-state index is 15.4. The summed E-state index contributed by atoms with van der Waals surface area (Å²) in [5.41, 5.74) is -2.62. The van der Waals surface area contributed by atoms with Crippen LogP contribution in [0.2, 0.25) is 10.0 Å². The normalized spacial score (nSPS) is 24.4. The van der Waals surface area contributed by atoms with Crippen LogP contribution < -0.4 is 15.2 Å². The minimum Gasteiger partial charge on any atom is -0.505 e. The molecule has 22 heteroatoms. The van der Waals surface area contributed by atoms with Gasteiger partial charge in [0.15, 0.2) is 23.1 Å². The molecule has 62 heavy (non-hydrogen) atoms. The number of nitrogens with one attached hydrogen (secondary N) is 1. The molecule has 6 atom stereocenters. The van der Waals surface area contributed by atoms with Gasteiger partial charge in [0.2, 0.25) is 11.8 Å². The van der Waals surface area contributed by atoms with Crippen LogP contribution in [0.15, 0.2) is 78.5 Å². The average Bonchev–Trinajstić information content (AvgIpc) is 3.59. The van der Waals surface area contributed by atoms with Gasteiger partial charge in [-0.25, -0.2) is 14.3 Å². The lowest BCUT2D eigenvalue weighted by atomic mass is 9.49. The number of halogens is 6. The van der Waals surface area contributed by atoms with Crippen molar-refractivity contribution in [2.45, 2.75) is 30.4 Å². The monoisotopic (exact) mass is 897 g/mol. The van der Waals surface area contributed by atoms with Crippen LogP contribution in [0, 0.1) is 49.7 Å². The molecule has 0 radical (unpaired) electrons. The van der Waals surface area contributed by atoms with Crippen LogP contribution in [0.1, 0.15) is 35.4 Å². The summed E-state index contributed by atoms with van der Waals surface area (Å²) < 4.78 is 56.0. The molecule has 16 nitrogen and oxygen atoms in total. The summed E-state index contributed by atoms with van der Waals surface area (Å²) in [5.74, 6) is -12.5. The van der Waals surface area contributed by atoms with Gasteiger partial charge in [-0.1, -0.05) is 53.1 Å². The van der Waals surface area contributed by atoms with Gasteiger partial charge in [-0.05, 0) is 60.2 Å². The number of amides is 4. The fourth-order valence-electron chi connectivity index (χ4n) is 9.57. The van der Waals surface area contributed by atoms with E-state index in [1.807, 2.05) is 0 Å². The van der Waals surface area contributed by atoms with E-state index >= 15 is 9.18 Å². The number of hydrazine groups is 1. The summed E-state index contributed by atoms with van der Waals surface area (Å²) in [6, 6.07) is 11.4. The molecule has 2 N–H and O–H groups in total. The van der Waals surface area contributed by atoms with Gasteiger partial charge < -0.3 is 10.0 Å². The first-order valence-corrected chi connectivity index (χ1v) is 19.3. The molecule has 3 heterocycles. The molecule has 0 bridgehead atoms. The van der Waals surface area contributed by atoms with Crippen molar-refractivity contribution in [3.63, 3.8) is 0 Å². The predicted molar refractivity (Wildman–Crippen MR) is 212 cm³/mol. The van der Waals surface area contributed by atoms with Crippen LogP contribution in [-0.2, 0) is 30.8 Å². The SMILES string of the molecule is CN(C)c1c([N+](=O)[O-])cc(N2C(=O)[C@H]3[C@H](CC=C4[C@H]3C[C@H]3C(=O)N(Nc5ncc(C(F)(F)F)cc5Cl)C(=O)[C@@]3(c3ccc(Cl)cc3)[C@H]4c3ccc(O)c(F)c3)C2=O)cc1[N+](=O)[O-].